The van der Waals surface area contributed by atoms with Crippen LogP contribution in [0, 0.1) is 0 Å². The number of benzene rings is 1. The summed E-state index contributed by atoms with van der Waals surface area (Å²) in [5, 5.41) is 11.3. The summed E-state index contributed by atoms with van der Waals surface area (Å²) in [4.78, 5) is 22.8. The number of halogens is 2. The van der Waals surface area contributed by atoms with Crippen molar-refractivity contribution in [1.82, 2.24) is 5.32 Å². The van der Waals surface area contributed by atoms with Crippen molar-refractivity contribution in [2.45, 2.75) is 25.8 Å². The minimum Gasteiger partial charge on any atom is -0.480 e. The first kappa shape index (κ1) is 15.8. The fraction of sp³-hybridized carbons (Fsp3) is 0.286. The number of amides is 1. The lowest BCUT2D eigenvalue weighted by Gasteiger charge is -2.13. The second kappa shape index (κ2) is 7.37. The lowest BCUT2D eigenvalue weighted by atomic mass is 10.1. The van der Waals surface area contributed by atoms with Crippen LogP contribution >= 0.6 is 0 Å². The van der Waals surface area contributed by atoms with Crippen LogP contribution in [0.25, 0.3) is 0 Å². The molecule has 0 aromatic heterocycles. The number of rotatable bonds is 6. The van der Waals surface area contributed by atoms with Gasteiger partial charge in [-0.05, 0) is 25.5 Å². The average Bonchev–Trinajstić information content (AvgIpc) is 2.42. The lowest BCUT2D eigenvalue weighted by Crippen LogP contribution is -2.40. The van der Waals surface area contributed by atoms with Crippen molar-refractivity contribution < 1.29 is 23.5 Å². The zero-order valence-corrected chi connectivity index (χ0v) is 10.8. The number of allylic oxidation sites excluding steroid dienone is 1. The molecule has 2 N–H and O–H groups in total. The molecule has 1 amide bonds. The summed E-state index contributed by atoms with van der Waals surface area (Å²) < 4.78 is 25.1. The molecule has 0 saturated heterocycles. The molecule has 1 aromatic carbocycles. The molecule has 108 valence electrons. The summed E-state index contributed by atoms with van der Waals surface area (Å²) in [5.41, 5.74) is -0.271. The normalized spacial score (nSPS) is 12.6. The number of hydrogen-bond donors (Lipinski definition) is 2. The molecule has 0 heterocycles. The smallest absolute Gasteiger partial charge is 0.326 e. The Labute approximate surface area is 115 Å². The highest BCUT2D eigenvalue weighted by Crippen LogP contribution is 2.19. The molecular formula is C14H15F2NO3. The first-order valence-electron chi connectivity index (χ1n) is 5.98. The van der Waals surface area contributed by atoms with E-state index >= 15 is 0 Å². The Morgan fingerprint density at radius 3 is 2.65 bits per heavy atom. The zero-order chi connectivity index (χ0) is 15.1. The van der Waals surface area contributed by atoms with Gasteiger partial charge in [0.1, 0.15) is 6.04 Å². The van der Waals surface area contributed by atoms with Crippen molar-refractivity contribution in [3.63, 3.8) is 0 Å². The Hall–Kier alpha value is -2.24. The third kappa shape index (κ3) is 4.46. The van der Waals surface area contributed by atoms with E-state index in [0.29, 0.717) is 0 Å². The third-order valence-corrected chi connectivity index (χ3v) is 2.61. The summed E-state index contributed by atoms with van der Waals surface area (Å²) in [7, 11) is 0. The molecule has 4 nitrogen and oxygen atoms in total. The van der Waals surface area contributed by atoms with Crippen molar-refractivity contribution in [1.29, 1.82) is 0 Å². The summed E-state index contributed by atoms with van der Waals surface area (Å²) in [5.74, 6) is -1.87. The summed E-state index contributed by atoms with van der Waals surface area (Å²) >= 11 is 0. The fourth-order valence-electron chi connectivity index (χ4n) is 1.55. The molecule has 20 heavy (non-hydrogen) atoms. The van der Waals surface area contributed by atoms with Crippen molar-refractivity contribution in [3.8, 4) is 0 Å². The number of carbonyl (C=O) groups is 2. The fourth-order valence-corrected chi connectivity index (χ4v) is 1.55. The quantitative estimate of drug-likeness (QED) is 0.789. The van der Waals surface area contributed by atoms with Crippen molar-refractivity contribution in [2.75, 3.05) is 0 Å². The lowest BCUT2D eigenvalue weighted by molar-refractivity contribution is -0.139. The van der Waals surface area contributed by atoms with Crippen LogP contribution in [0.2, 0.25) is 0 Å². The van der Waals surface area contributed by atoms with Crippen LogP contribution in [-0.2, 0) is 4.79 Å². The zero-order valence-electron chi connectivity index (χ0n) is 10.8. The van der Waals surface area contributed by atoms with E-state index in [0.717, 1.165) is 6.07 Å². The van der Waals surface area contributed by atoms with Crippen LogP contribution in [-0.4, -0.2) is 23.0 Å². The highest BCUT2D eigenvalue weighted by molar-refractivity contribution is 5.96. The monoisotopic (exact) mass is 283 g/mol. The molecule has 1 unspecified atom stereocenters. The van der Waals surface area contributed by atoms with Gasteiger partial charge >= 0.3 is 5.97 Å². The second-order valence-electron chi connectivity index (χ2n) is 4.10. The van der Waals surface area contributed by atoms with E-state index in [1.165, 1.54) is 18.2 Å². The van der Waals surface area contributed by atoms with Gasteiger partial charge in [0.15, 0.2) is 0 Å². The number of alkyl halides is 2. The Bertz CT molecular complexity index is 515. The SMILES string of the molecule is C/C=C/CC(NC(=O)c1cccc(C(F)F)c1)C(=O)O. The standard InChI is InChI=1S/C14H15F2NO3/c1-2-3-7-11(14(19)20)17-13(18)10-6-4-5-9(8-10)12(15)16/h2-6,8,11-12H,7H2,1H3,(H,17,18)(H,19,20)/b3-2+. The summed E-state index contributed by atoms with van der Waals surface area (Å²) in [6.07, 6.45) is 0.723. The van der Waals surface area contributed by atoms with Gasteiger partial charge in [0.25, 0.3) is 12.3 Å². The Kier molecular flexibility index (Phi) is 5.83. The van der Waals surface area contributed by atoms with E-state index in [4.69, 9.17) is 5.11 Å². The minimum atomic E-state index is -2.68. The molecule has 1 atom stereocenters. The molecule has 0 spiro atoms. The molecule has 0 bridgehead atoms. The molecule has 0 fully saturated rings. The van der Waals surface area contributed by atoms with Crippen LogP contribution in [0.15, 0.2) is 36.4 Å². The van der Waals surface area contributed by atoms with Crippen LogP contribution in [0.5, 0.6) is 0 Å². The largest absolute Gasteiger partial charge is 0.480 e. The number of carboxylic acids is 1. The van der Waals surface area contributed by atoms with E-state index in [1.807, 2.05) is 0 Å². The van der Waals surface area contributed by atoms with Gasteiger partial charge in [-0.15, -0.1) is 0 Å². The van der Waals surface area contributed by atoms with Crippen LogP contribution in [0.1, 0.15) is 35.7 Å². The van der Waals surface area contributed by atoms with Gasteiger partial charge in [-0.3, -0.25) is 4.79 Å². The molecule has 6 heteroatoms. The second-order valence-corrected chi connectivity index (χ2v) is 4.10. The van der Waals surface area contributed by atoms with E-state index in [1.54, 1.807) is 19.1 Å². The van der Waals surface area contributed by atoms with Gasteiger partial charge in [0.2, 0.25) is 0 Å². The number of hydrogen-bond acceptors (Lipinski definition) is 2. The van der Waals surface area contributed by atoms with Crippen molar-refractivity contribution in [3.05, 3.63) is 47.5 Å². The van der Waals surface area contributed by atoms with Gasteiger partial charge in [0.05, 0.1) is 0 Å². The Morgan fingerprint density at radius 2 is 2.10 bits per heavy atom. The maximum absolute atomic E-state index is 12.5. The van der Waals surface area contributed by atoms with Crippen molar-refractivity contribution >= 4 is 11.9 Å². The summed E-state index contributed by atoms with van der Waals surface area (Å²) in [6.45, 7) is 1.73. The summed E-state index contributed by atoms with van der Waals surface area (Å²) in [6, 6.07) is 3.85. The van der Waals surface area contributed by atoms with Crippen LogP contribution < -0.4 is 5.32 Å². The third-order valence-electron chi connectivity index (χ3n) is 2.61. The van der Waals surface area contributed by atoms with Crippen LogP contribution in [0.4, 0.5) is 8.78 Å². The van der Waals surface area contributed by atoms with Gasteiger partial charge in [-0.25, -0.2) is 13.6 Å². The first-order valence-corrected chi connectivity index (χ1v) is 5.98. The highest BCUT2D eigenvalue weighted by Gasteiger charge is 2.20. The molecule has 0 saturated carbocycles. The van der Waals surface area contributed by atoms with Gasteiger partial charge in [-0.2, -0.15) is 0 Å². The molecule has 1 aromatic rings. The molecule has 0 aliphatic carbocycles. The van der Waals surface area contributed by atoms with Gasteiger partial charge < -0.3 is 10.4 Å². The van der Waals surface area contributed by atoms with Crippen LogP contribution in [0.3, 0.4) is 0 Å². The number of carbonyl (C=O) groups excluding carboxylic acids is 1. The predicted octanol–water partition coefficient (Wildman–Crippen LogP) is 2.77. The Morgan fingerprint density at radius 1 is 1.40 bits per heavy atom. The van der Waals surface area contributed by atoms with E-state index in [-0.39, 0.29) is 17.5 Å². The average molecular weight is 283 g/mol. The van der Waals surface area contributed by atoms with E-state index in [2.05, 4.69) is 5.32 Å². The molecule has 0 aliphatic rings. The number of carboxylic acid groups (broad SMARTS) is 1. The van der Waals surface area contributed by atoms with Crippen molar-refractivity contribution in [2.24, 2.45) is 0 Å². The molecule has 0 radical (unpaired) electrons. The molecular weight excluding hydrogens is 268 g/mol. The van der Waals surface area contributed by atoms with Gasteiger partial charge in [0, 0.05) is 11.1 Å². The number of nitrogens with one attached hydrogen (secondary N) is 1. The topological polar surface area (TPSA) is 66.4 Å². The maximum atomic E-state index is 12.5. The predicted molar refractivity (Wildman–Crippen MR) is 69.7 cm³/mol. The Balaban J connectivity index is 2.83. The maximum Gasteiger partial charge on any atom is 0.326 e. The molecule has 1 rings (SSSR count). The molecule has 0 aliphatic heterocycles. The highest BCUT2D eigenvalue weighted by atomic mass is 19.3. The van der Waals surface area contributed by atoms with Gasteiger partial charge in [-0.1, -0.05) is 24.3 Å². The minimum absolute atomic E-state index is 0.00882. The van der Waals surface area contributed by atoms with E-state index < -0.39 is 24.3 Å². The first-order chi connectivity index (χ1) is 9.45. The number of aliphatic carboxylic acids is 1. The van der Waals surface area contributed by atoms with E-state index in [9.17, 15) is 18.4 Å².